The number of alkyl halides is 1. The second-order valence-corrected chi connectivity index (χ2v) is 18.6. The van der Waals surface area contributed by atoms with E-state index in [2.05, 4.69) is 0 Å². The van der Waals surface area contributed by atoms with Gasteiger partial charge in [-0.2, -0.15) is 0 Å². The van der Waals surface area contributed by atoms with Gasteiger partial charge in [0.15, 0.2) is 29.8 Å². The number of hydrogen-bond acceptors (Lipinski definition) is 17. The Balaban J connectivity index is 1.04. The third kappa shape index (κ3) is 6.70. The number of rotatable bonds is 9. The van der Waals surface area contributed by atoms with Gasteiger partial charge in [-0.1, -0.05) is 25.5 Å². The molecule has 4 saturated carbocycles. The van der Waals surface area contributed by atoms with Crippen molar-refractivity contribution in [2.45, 2.75) is 169 Å². The predicted molar refractivity (Wildman–Crippen MR) is 203 cm³/mol. The third-order valence-electron chi connectivity index (χ3n) is 15.4. The van der Waals surface area contributed by atoms with Crippen LogP contribution in [0.25, 0.3) is 0 Å². The molecule has 16 N–H and O–H groups in total. The fourth-order valence-corrected chi connectivity index (χ4v) is 11.9. The Hall–Kier alpha value is -1.85. The second kappa shape index (κ2) is 15.8. The quantitative estimate of drug-likeness (QED) is 0.112. The Morgan fingerprint density at radius 1 is 0.914 bits per heavy atom. The summed E-state index contributed by atoms with van der Waals surface area (Å²) in [7, 11) is 0. The van der Waals surface area contributed by atoms with Gasteiger partial charge < -0.3 is 78.3 Å². The fourth-order valence-electron chi connectivity index (χ4n) is 11.9. The minimum absolute atomic E-state index is 0.000571. The van der Waals surface area contributed by atoms with Crippen molar-refractivity contribution in [2.24, 2.45) is 57.3 Å². The van der Waals surface area contributed by atoms with Crippen LogP contribution in [0, 0.1) is 35.0 Å². The van der Waals surface area contributed by atoms with Crippen molar-refractivity contribution in [3.63, 3.8) is 0 Å². The number of aliphatic hydroxyl groups excluding tert-OH is 5. The summed E-state index contributed by atoms with van der Waals surface area (Å²) in [5.41, 5.74) is 24.9. The van der Waals surface area contributed by atoms with E-state index in [4.69, 9.17) is 47.6 Å². The SMILES string of the molecule is C[C@H]1CC2C3CCC4=CC(=O)C=C[C@]4(C)[C@@]3(F)[C@@H](O)C[C@]2(C)[C@@]1(O)C(=O)[CH]C[C@H]1O[C@@H](O[C@@H]2[C@@H](O)[C@H](O[C@H]3O[C@H](CN)[C@@H](O)C[C@H]3N)[C@@H](N)C[C@H]2N)[C@H](O)[C@@H](N)[C@@H]1O. The molecule has 0 spiro atoms. The van der Waals surface area contributed by atoms with Crippen molar-refractivity contribution in [3.8, 4) is 0 Å². The predicted octanol–water partition coefficient (Wildman–Crippen LogP) is -2.78. The summed E-state index contributed by atoms with van der Waals surface area (Å²) in [5.74, 6) is -2.75. The molecule has 6 fully saturated rings. The van der Waals surface area contributed by atoms with E-state index in [9.17, 15) is 40.2 Å². The number of allylic oxidation sites excluding steroid dienone is 4. The molecule has 1 radical (unpaired) electrons. The average molecular weight is 825 g/mol. The van der Waals surface area contributed by atoms with E-state index in [1.807, 2.05) is 0 Å². The summed E-state index contributed by atoms with van der Waals surface area (Å²) in [6.45, 7) is 5.16. The third-order valence-corrected chi connectivity index (χ3v) is 15.4. The normalized spacial score (nSPS) is 54.3. The largest absolute Gasteiger partial charge is 0.390 e. The van der Waals surface area contributed by atoms with Crippen molar-refractivity contribution < 1.29 is 63.6 Å². The topological polar surface area (TPSA) is 323 Å². The van der Waals surface area contributed by atoms with Crippen molar-refractivity contribution >= 4 is 11.6 Å². The number of ketones is 2. The van der Waals surface area contributed by atoms with Gasteiger partial charge >= 0.3 is 0 Å². The van der Waals surface area contributed by atoms with Crippen molar-refractivity contribution in [2.75, 3.05) is 6.54 Å². The van der Waals surface area contributed by atoms with Gasteiger partial charge in [-0.15, -0.1) is 0 Å². The molecule has 0 aromatic heterocycles. The number of carbonyl (C=O) groups excluding carboxylic acids is 2. The lowest BCUT2D eigenvalue weighted by Gasteiger charge is -2.62. The summed E-state index contributed by atoms with van der Waals surface area (Å²) in [6.07, 6.45) is -7.63. The van der Waals surface area contributed by atoms with Crippen LogP contribution >= 0.6 is 0 Å². The first-order chi connectivity index (χ1) is 27.1. The maximum atomic E-state index is 17.6. The summed E-state index contributed by atoms with van der Waals surface area (Å²) in [4.78, 5) is 26.5. The maximum absolute atomic E-state index is 17.6. The van der Waals surface area contributed by atoms with Gasteiger partial charge in [0.05, 0.1) is 42.6 Å². The lowest BCUT2D eigenvalue weighted by Crippen LogP contribution is -2.69. The molecule has 2 saturated heterocycles. The van der Waals surface area contributed by atoms with E-state index < -0.39 is 137 Å². The molecule has 22 atom stereocenters. The van der Waals surface area contributed by atoms with Gasteiger partial charge in [-0.3, -0.25) is 9.59 Å². The van der Waals surface area contributed by atoms with Crippen molar-refractivity contribution in [3.05, 3.63) is 30.2 Å². The molecule has 7 aliphatic rings. The molecule has 7 rings (SSSR count). The Morgan fingerprint density at radius 2 is 1.55 bits per heavy atom. The van der Waals surface area contributed by atoms with Crippen LogP contribution in [0.1, 0.15) is 65.7 Å². The highest BCUT2D eigenvalue weighted by atomic mass is 19.1. The zero-order chi connectivity index (χ0) is 42.4. The lowest BCUT2D eigenvalue weighted by molar-refractivity contribution is -0.312. The Kier molecular flexibility index (Phi) is 12.0. The zero-order valence-corrected chi connectivity index (χ0v) is 33.3. The highest BCUT2D eigenvalue weighted by Gasteiger charge is 2.75. The molecule has 18 heteroatoms. The molecule has 5 aliphatic carbocycles. The van der Waals surface area contributed by atoms with Crippen molar-refractivity contribution in [1.82, 2.24) is 0 Å². The molecule has 0 aromatic rings. The van der Waals surface area contributed by atoms with E-state index in [-0.39, 0.29) is 38.0 Å². The molecular formula is C40H63FN5O12. The van der Waals surface area contributed by atoms with Gasteiger partial charge in [0, 0.05) is 41.8 Å². The highest BCUT2D eigenvalue weighted by molar-refractivity contribution is 6.01. The average Bonchev–Trinajstić information content (AvgIpc) is 3.37. The van der Waals surface area contributed by atoms with Crippen LogP contribution in [0.5, 0.6) is 0 Å². The first-order valence-electron chi connectivity index (χ1n) is 20.6. The van der Waals surface area contributed by atoms with Crippen LogP contribution in [-0.2, 0) is 28.5 Å². The molecule has 17 nitrogen and oxygen atoms in total. The molecule has 0 aromatic carbocycles. The molecule has 2 aliphatic heterocycles. The number of fused-ring (bicyclic) bond motifs is 5. The van der Waals surface area contributed by atoms with E-state index in [0.717, 1.165) is 0 Å². The molecule has 2 unspecified atom stereocenters. The van der Waals surface area contributed by atoms with Crippen LogP contribution in [0.3, 0.4) is 0 Å². The zero-order valence-electron chi connectivity index (χ0n) is 33.3. The first-order valence-corrected chi connectivity index (χ1v) is 20.6. The lowest BCUT2D eigenvalue weighted by atomic mass is 9.44. The maximum Gasteiger partial charge on any atom is 0.186 e. The summed E-state index contributed by atoms with van der Waals surface area (Å²) in [5, 5.41) is 68.1. The standard InChI is InChI=1S/C40H63FN5O12/c1-16-10-20-19-5-4-17-11-18(47)8-9-37(17,2)39(19,41)28(50)14-38(20,3)40(16,54)27(49)7-6-25-30(51)29(46)31(52)36(55-25)58-34-22(44)12-21(43)33(32(34)53)57-35-23(45)13-24(48)26(15-42)56-35/h7-9,11,16,19-26,28-36,48,50-54H,4-6,10,12-15,42-46H2,1-3H3/t16-,19?,20?,21-,22+,23+,24-,25+,26+,28-,29-,30+,31+,32-,33+,34-,35+,36-,37-,38-,39-,40-/m0/s1. The molecule has 58 heavy (non-hydrogen) atoms. The number of carbonyl (C=O) groups is 2. The first kappa shape index (κ1) is 44.2. The monoisotopic (exact) mass is 824 g/mol. The van der Waals surface area contributed by atoms with Crippen LogP contribution < -0.4 is 28.7 Å². The molecule has 2 heterocycles. The molecule has 0 bridgehead atoms. The summed E-state index contributed by atoms with van der Waals surface area (Å²) < 4.78 is 41.5. The number of Topliss-reactive ketones (excluding diaryl/α,β-unsaturated/α-hetero) is 1. The summed E-state index contributed by atoms with van der Waals surface area (Å²) >= 11 is 0. The Bertz CT molecular complexity index is 1650. The number of ether oxygens (including phenoxy) is 4. The number of nitrogens with two attached hydrogens (primary N) is 5. The molecular weight excluding hydrogens is 761 g/mol. The van der Waals surface area contributed by atoms with Crippen LogP contribution in [-0.4, -0.2) is 152 Å². The van der Waals surface area contributed by atoms with Gasteiger partial charge in [-0.25, -0.2) is 4.39 Å². The second-order valence-electron chi connectivity index (χ2n) is 18.6. The number of aliphatic hydroxyl groups is 6. The smallest absolute Gasteiger partial charge is 0.186 e. The van der Waals surface area contributed by atoms with Gasteiger partial charge in [0.25, 0.3) is 0 Å². The Labute approximate surface area is 337 Å². The van der Waals surface area contributed by atoms with E-state index in [0.29, 0.717) is 24.8 Å². The Morgan fingerprint density at radius 3 is 2.21 bits per heavy atom. The highest BCUT2D eigenvalue weighted by Crippen LogP contribution is 2.70. The van der Waals surface area contributed by atoms with Crippen LogP contribution in [0.15, 0.2) is 23.8 Å². The summed E-state index contributed by atoms with van der Waals surface area (Å²) in [6, 6.07) is -3.76. The number of halogens is 1. The van der Waals surface area contributed by atoms with Crippen molar-refractivity contribution in [1.29, 1.82) is 0 Å². The van der Waals surface area contributed by atoms with Gasteiger partial charge in [0.1, 0.15) is 30.0 Å². The van der Waals surface area contributed by atoms with E-state index >= 15 is 4.39 Å². The minimum atomic E-state index is -2.14. The molecule has 327 valence electrons. The van der Waals surface area contributed by atoms with E-state index in [1.54, 1.807) is 26.8 Å². The van der Waals surface area contributed by atoms with E-state index in [1.165, 1.54) is 18.6 Å². The van der Waals surface area contributed by atoms with Crippen LogP contribution in [0.2, 0.25) is 0 Å². The fraction of sp³-hybridized carbons (Fsp3) is 0.825. The number of hydrogen-bond donors (Lipinski definition) is 11. The van der Waals surface area contributed by atoms with Gasteiger partial charge in [-0.05, 0) is 75.9 Å². The minimum Gasteiger partial charge on any atom is -0.390 e. The van der Waals surface area contributed by atoms with Gasteiger partial charge in [0.2, 0.25) is 0 Å². The van der Waals surface area contributed by atoms with Crippen LogP contribution in [0.4, 0.5) is 4.39 Å². The molecule has 0 amide bonds.